The first-order valence-corrected chi connectivity index (χ1v) is 7.18. The Hall–Kier alpha value is -2.28. The molecular formula is C17H20N2O2. The van der Waals surface area contributed by atoms with E-state index in [1.54, 1.807) is 6.20 Å². The molecule has 4 nitrogen and oxygen atoms in total. The summed E-state index contributed by atoms with van der Waals surface area (Å²) in [4.78, 5) is 16.7. The van der Waals surface area contributed by atoms with Gasteiger partial charge in [-0.05, 0) is 30.7 Å². The first-order valence-electron chi connectivity index (χ1n) is 7.18. The van der Waals surface area contributed by atoms with Crippen LogP contribution in [0.3, 0.4) is 0 Å². The maximum Gasteiger partial charge on any atom is 0.337 e. The minimum absolute atomic E-state index is 0.0546. The van der Waals surface area contributed by atoms with E-state index in [4.69, 9.17) is 6.57 Å². The Balaban J connectivity index is 1.87. The fourth-order valence-electron chi connectivity index (χ4n) is 2.64. The van der Waals surface area contributed by atoms with Crippen molar-refractivity contribution in [2.75, 3.05) is 20.2 Å². The molecule has 1 aromatic carbocycles. The molecule has 0 saturated carbocycles. The fraction of sp³-hybridized carbons (Fsp3) is 0.412. The van der Waals surface area contributed by atoms with Crippen molar-refractivity contribution in [3.05, 3.63) is 59.2 Å². The summed E-state index contributed by atoms with van der Waals surface area (Å²) in [5, 5.41) is 0. The Morgan fingerprint density at radius 3 is 2.62 bits per heavy atom. The molecule has 4 heteroatoms. The van der Waals surface area contributed by atoms with Crippen LogP contribution in [0.5, 0.6) is 0 Å². The van der Waals surface area contributed by atoms with Gasteiger partial charge in [-0.2, -0.15) is 0 Å². The molecule has 1 saturated heterocycles. The van der Waals surface area contributed by atoms with Crippen molar-refractivity contribution in [2.24, 2.45) is 5.92 Å². The molecule has 1 aliphatic rings. The van der Waals surface area contributed by atoms with Crippen molar-refractivity contribution < 1.29 is 9.53 Å². The highest BCUT2D eigenvalue weighted by atomic mass is 16.5. The molecule has 0 atom stereocenters. The molecule has 1 heterocycles. The molecule has 0 bridgehead atoms. The summed E-state index contributed by atoms with van der Waals surface area (Å²) in [6.45, 7) is 8.79. The maximum absolute atomic E-state index is 11.4. The number of likely N-dealkylation sites (tertiary alicyclic amines) is 1. The zero-order valence-corrected chi connectivity index (χ0v) is 12.3. The van der Waals surface area contributed by atoms with Crippen molar-refractivity contribution in [1.29, 1.82) is 0 Å². The summed E-state index contributed by atoms with van der Waals surface area (Å²) in [7, 11) is 1.30. The molecule has 0 amide bonds. The van der Waals surface area contributed by atoms with E-state index in [2.05, 4.69) is 33.8 Å². The Morgan fingerprint density at radius 2 is 2.05 bits per heavy atom. The quantitative estimate of drug-likeness (QED) is 0.484. The first-order chi connectivity index (χ1) is 10.2. The summed E-state index contributed by atoms with van der Waals surface area (Å²) in [5.41, 5.74) is 1.43. The summed E-state index contributed by atoms with van der Waals surface area (Å²) in [6, 6.07) is 10.5. The number of carbonyl (C=O) groups is 1. The van der Waals surface area contributed by atoms with E-state index in [0.29, 0.717) is 5.92 Å². The van der Waals surface area contributed by atoms with E-state index in [9.17, 15) is 4.79 Å². The average molecular weight is 284 g/mol. The van der Waals surface area contributed by atoms with Crippen LogP contribution in [0.4, 0.5) is 0 Å². The van der Waals surface area contributed by atoms with Crippen molar-refractivity contribution in [1.82, 2.24) is 4.90 Å². The third kappa shape index (κ3) is 4.35. The van der Waals surface area contributed by atoms with Crippen LogP contribution >= 0.6 is 0 Å². The SMILES string of the molecule is [C-]#[N+]/C(=C/N1CCC(Cc2ccccc2)CC1)C(=O)OC. The van der Waals surface area contributed by atoms with Gasteiger partial charge >= 0.3 is 5.97 Å². The normalized spacial score (nSPS) is 16.4. The Bertz CT molecular complexity index is 538. The summed E-state index contributed by atoms with van der Waals surface area (Å²) < 4.78 is 4.60. The fourth-order valence-corrected chi connectivity index (χ4v) is 2.64. The van der Waals surface area contributed by atoms with Crippen molar-refractivity contribution >= 4 is 5.97 Å². The lowest BCUT2D eigenvalue weighted by Crippen LogP contribution is -2.31. The van der Waals surface area contributed by atoms with E-state index in [1.165, 1.54) is 12.7 Å². The number of hydrogen-bond acceptors (Lipinski definition) is 3. The van der Waals surface area contributed by atoms with Gasteiger partial charge in [0.25, 0.3) is 5.70 Å². The number of hydrogen-bond donors (Lipinski definition) is 0. The number of ether oxygens (including phenoxy) is 1. The summed E-state index contributed by atoms with van der Waals surface area (Å²) in [6.07, 6.45) is 4.90. The Morgan fingerprint density at radius 1 is 1.38 bits per heavy atom. The second-order valence-electron chi connectivity index (χ2n) is 5.29. The average Bonchev–Trinajstić information content (AvgIpc) is 2.54. The molecule has 2 rings (SSSR count). The van der Waals surface area contributed by atoms with E-state index in [0.717, 1.165) is 32.4 Å². The highest BCUT2D eigenvalue weighted by Gasteiger charge is 2.19. The first kappa shape index (κ1) is 15.1. The van der Waals surface area contributed by atoms with Crippen LogP contribution in [0.2, 0.25) is 0 Å². The Labute approximate surface area is 125 Å². The van der Waals surface area contributed by atoms with Gasteiger partial charge in [-0.3, -0.25) is 4.79 Å². The van der Waals surface area contributed by atoms with Crippen LogP contribution in [0.25, 0.3) is 4.85 Å². The zero-order chi connectivity index (χ0) is 15.1. The van der Waals surface area contributed by atoms with Crippen LogP contribution in [0, 0.1) is 12.5 Å². The molecule has 110 valence electrons. The number of benzene rings is 1. The predicted molar refractivity (Wildman–Crippen MR) is 81.1 cm³/mol. The van der Waals surface area contributed by atoms with Gasteiger partial charge < -0.3 is 9.64 Å². The number of esters is 1. The number of nitrogens with zero attached hydrogens (tertiary/aromatic N) is 2. The molecular weight excluding hydrogens is 264 g/mol. The molecule has 0 spiro atoms. The lowest BCUT2D eigenvalue weighted by Gasteiger charge is -2.31. The van der Waals surface area contributed by atoms with Crippen molar-refractivity contribution in [2.45, 2.75) is 19.3 Å². The number of carbonyl (C=O) groups excluding carboxylic acids is 1. The maximum atomic E-state index is 11.4. The molecule has 1 fully saturated rings. The van der Waals surface area contributed by atoms with Gasteiger partial charge in [0, 0.05) is 19.3 Å². The molecule has 0 aliphatic carbocycles. The van der Waals surface area contributed by atoms with Gasteiger partial charge in [-0.25, -0.2) is 4.85 Å². The predicted octanol–water partition coefficient (Wildman–Crippen LogP) is 2.87. The van der Waals surface area contributed by atoms with E-state index in [1.807, 2.05) is 11.0 Å². The molecule has 0 N–H and O–H groups in total. The van der Waals surface area contributed by atoms with E-state index in [-0.39, 0.29) is 5.70 Å². The topological polar surface area (TPSA) is 33.9 Å². The van der Waals surface area contributed by atoms with Gasteiger partial charge in [-0.1, -0.05) is 30.3 Å². The second-order valence-corrected chi connectivity index (χ2v) is 5.29. The highest BCUT2D eigenvalue weighted by Crippen LogP contribution is 2.22. The number of methoxy groups -OCH3 is 1. The monoisotopic (exact) mass is 284 g/mol. The van der Waals surface area contributed by atoms with E-state index < -0.39 is 5.97 Å². The van der Waals surface area contributed by atoms with Crippen LogP contribution in [0.1, 0.15) is 18.4 Å². The summed E-state index contributed by atoms with van der Waals surface area (Å²) >= 11 is 0. The van der Waals surface area contributed by atoms with Crippen molar-refractivity contribution in [3.8, 4) is 0 Å². The molecule has 21 heavy (non-hydrogen) atoms. The molecule has 1 aliphatic heterocycles. The Kier molecular flexibility index (Phi) is 5.39. The smallest absolute Gasteiger partial charge is 0.337 e. The van der Waals surface area contributed by atoms with Gasteiger partial charge in [0.15, 0.2) is 0 Å². The standard InChI is InChI=1S/C17H20N2O2/c1-18-16(17(20)21-2)13-19-10-8-15(9-11-19)12-14-6-4-3-5-7-14/h3-7,13,15H,8-12H2,2H3/b16-13+. The third-order valence-electron chi connectivity index (χ3n) is 3.84. The van der Waals surface area contributed by atoms with Gasteiger partial charge in [0.05, 0.1) is 13.7 Å². The van der Waals surface area contributed by atoms with E-state index >= 15 is 0 Å². The lowest BCUT2D eigenvalue weighted by molar-refractivity contribution is -0.135. The van der Waals surface area contributed by atoms with Gasteiger partial charge in [-0.15, -0.1) is 0 Å². The molecule has 1 aromatic rings. The van der Waals surface area contributed by atoms with Crippen LogP contribution in [-0.4, -0.2) is 31.1 Å². The number of rotatable bonds is 4. The lowest BCUT2D eigenvalue weighted by atomic mass is 9.90. The van der Waals surface area contributed by atoms with Crippen LogP contribution in [-0.2, 0) is 16.0 Å². The number of piperidine rings is 1. The van der Waals surface area contributed by atoms with Crippen LogP contribution in [0.15, 0.2) is 42.2 Å². The molecule has 0 radical (unpaired) electrons. The second kappa shape index (κ2) is 7.49. The largest absolute Gasteiger partial charge is 0.474 e. The third-order valence-corrected chi connectivity index (χ3v) is 3.84. The van der Waals surface area contributed by atoms with Crippen molar-refractivity contribution in [3.63, 3.8) is 0 Å². The molecule has 0 aromatic heterocycles. The van der Waals surface area contributed by atoms with Gasteiger partial charge in [0.2, 0.25) is 0 Å². The minimum atomic E-state index is -0.559. The summed E-state index contributed by atoms with van der Waals surface area (Å²) in [5.74, 6) is 0.114. The zero-order valence-electron chi connectivity index (χ0n) is 12.3. The highest BCUT2D eigenvalue weighted by molar-refractivity contribution is 5.90. The molecule has 0 unspecified atom stereocenters. The minimum Gasteiger partial charge on any atom is -0.474 e. The van der Waals surface area contributed by atoms with Crippen LogP contribution < -0.4 is 0 Å². The van der Waals surface area contributed by atoms with Gasteiger partial charge in [0.1, 0.15) is 0 Å².